The highest BCUT2D eigenvalue weighted by Gasteiger charge is 2.33. The first-order valence-corrected chi connectivity index (χ1v) is 12.1. The average molecular weight is 535 g/mol. The normalized spacial score (nSPS) is 12.5. The van der Waals surface area contributed by atoms with Crippen LogP contribution in [0.5, 0.6) is 5.75 Å². The molecule has 11 heteroatoms. The van der Waals surface area contributed by atoms with Crippen molar-refractivity contribution in [2.45, 2.75) is 31.9 Å². The fraction of sp³-hybridized carbons (Fsp3) is 0.214. The SMILES string of the molecule is COc1ccc(Cn2nnnc2[C@H](c2ccc(C(F)(F)F)cc2)N(Cc2cccnc2)Cc2ccco2)cc1. The number of nitrogens with zero attached hydrogens (tertiary/aromatic N) is 6. The minimum atomic E-state index is -4.45. The molecule has 0 saturated heterocycles. The number of aromatic nitrogens is 5. The molecule has 39 heavy (non-hydrogen) atoms. The van der Waals surface area contributed by atoms with Crippen molar-refractivity contribution in [3.05, 3.63) is 125 Å². The van der Waals surface area contributed by atoms with Crippen LogP contribution in [0.3, 0.4) is 0 Å². The maximum Gasteiger partial charge on any atom is 0.416 e. The summed E-state index contributed by atoms with van der Waals surface area (Å²) in [5, 5.41) is 12.5. The van der Waals surface area contributed by atoms with Crippen LogP contribution in [-0.4, -0.2) is 37.2 Å². The van der Waals surface area contributed by atoms with Crippen molar-refractivity contribution in [1.82, 2.24) is 30.1 Å². The smallest absolute Gasteiger partial charge is 0.416 e. The number of hydrogen-bond donors (Lipinski definition) is 0. The number of alkyl halides is 3. The second kappa shape index (κ2) is 11.5. The van der Waals surface area contributed by atoms with E-state index in [4.69, 9.17) is 9.15 Å². The average Bonchev–Trinajstić information content (AvgIpc) is 3.62. The molecule has 5 rings (SSSR count). The minimum Gasteiger partial charge on any atom is -0.497 e. The fourth-order valence-corrected chi connectivity index (χ4v) is 4.37. The number of halogens is 3. The van der Waals surface area contributed by atoms with E-state index in [2.05, 4.69) is 25.4 Å². The quantitative estimate of drug-likeness (QED) is 0.233. The van der Waals surface area contributed by atoms with E-state index in [9.17, 15) is 13.2 Å². The standard InChI is InChI=1S/C28H25F3N6O2/c1-38-24-12-6-20(7-13-24)18-37-27(33-34-35-37)26(22-8-10-23(11-9-22)28(29,30)31)36(19-25-5-3-15-39-25)17-21-4-2-14-32-16-21/h2-16,26H,17-19H2,1H3/t26-/m0/s1. The molecule has 0 unspecified atom stereocenters. The van der Waals surface area contributed by atoms with Crippen molar-refractivity contribution in [2.24, 2.45) is 0 Å². The summed E-state index contributed by atoms with van der Waals surface area (Å²) >= 11 is 0. The van der Waals surface area contributed by atoms with Crippen LogP contribution in [0, 0.1) is 0 Å². The lowest BCUT2D eigenvalue weighted by Gasteiger charge is -2.31. The van der Waals surface area contributed by atoms with Gasteiger partial charge in [0.1, 0.15) is 11.5 Å². The van der Waals surface area contributed by atoms with Gasteiger partial charge in [0.25, 0.3) is 0 Å². The molecule has 0 saturated carbocycles. The molecule has 0 N–H and O–H groups in total. The van der Waals surface area contributed by atoms with Crippen LogP contribution in [0.15, 0.2) is 95.9 Å². The van der Waals surface area contributed by atoms with Gasteiger partial charge in [0.05, 0.1) is 38.1 Å². The summed E-state index contributed by atoms with van der Waals surface area (Å²) in [6, 6.07) is 19.4. The third kappa shape index (κ3) is 6.32. The third-order valence-electron chi connectivity index (χ3n) is 6.26. The molecule has 3 heterocycles. The number of hydrogen-bond acceptors (Lipinski definition) is 7. The molecule has 5 aromatic rings. The first-order valence-electron chi connectivity index (χ1n) is 12.1. The number of furan rings is 1. The van der Waals surface area contributed by atoms with Gasteiger partial charge >= 0.3 is 6.18 Å². The van der Waals surface area contributed by atoms with Crippen LogP contribution in [-0.2, 0) is 25.8 Å². The highest BCUT2D eigenvalue weighted by Crippen LogP contribution is 2.34. The van der Waals surface area contributed by atoms with Gasteiger partial charge in [0, 0.05) is 18.9 Å². The summed E-state index contributed by atoms with van der Waals surface area (Å²) < 4.78 is 52.7. The van der Waals surface area contributed by atoms with Gasteiger partial charge in [-0.05, 0) is 69.6 Å². The molecule has 0 bridgehead atoms. The molecule has 0 aliphatic rings. The Kier molecular flexibility index (Phi) is 7.69. The molecule has 0 aliphatic heterocycles. The Morgan fingerprint density at radius 1 is 0.949 bits per heavy atom. The first kappa shape index (κ1) is 26.1. The fourth-order valence-electron chi connectivity index (χ4n) is 4.37. The molecule has 0 spiro atoms. The van der Waals surface area contributed by atoms with Crippen molar-refractivity contribution in [3.63, 3.8) is 0 Å². The maximum atomic E-state index is 13.4. The zero-order valence-electron chi connectivity index (χ0n) is 21.0. The van der Waals surface area contributed by atoms with Crippen LogP contribution in [0.2, 0.25) is 0 Å². The van der Waals surface area contributed by atoms with Gasteiger partial charge in [0.15, 0.2) is 5.82 Å². The zero-order chi connectivity index (χ0) is 27.2. The monoisotopic (exact) mass is 534 g/mol. The van der Waals surface area contributed by atoms with E-state index in [0.29, 0.717) is 36.8 Å². The molecule has 0 amide bonds. The Balaban J connectivity index is 1.57. The predicted molar refractivity (Wildman–Crippen MR) is 135 cm³/mol. The van der Waals surface area contributed by atoms with E-state index in [1.54, 1.807) is 36.5 Å². The molecular formula is C28H25F3N6O2. The lowest BCUT2D eigenvalue weighted by atomic mass is 10.0. The van der Waals surface area contributed by atoms with Crippen molar-refractivity contribution < 1.29 is 22.3 Å². The molecule has 0 radical (unpaired) electrons. The topological polar surface area (TPSA) is 82.1 Å². The molecule has 2 aromatic carbocycles. The maximum absolute atomic E-state index is 13.4. The second-order valence-corrected chi connectivity index (χ2v) is 8.91. The molecule has 8 nitrogen and oxygen atoms in total. The molecule has 200 valence electrons. The van der Waals surface area contributed by atoms with Gasteiger partial charge in [-0.3, -0.25) is 9.88 Å². The van der Waals surface area contributed by atoms with Gasteiger partial charge in [-0.2, -0.15) is 13.2 Å². The minimum absolute atomic E-state index is 0.350. The highest BCUT2D eigenvalue weighted by atomic mass is 19.4. The van der Waals surface area contributed by atoms with E-state index in [1.807, 2.05) is 42.5 Å². The van der Waals surface area contributed by atoms with Gasteiger partial charge in [0.2, 0.25) is 0 Å². The van der Waals surface area contributed by atoms with E-state index >= 15 is 0 Å². The Labute approximate surface area is 222 Å². The molecular weight excluding hydrogens is 509 g/mol. The largest absolute Gasteiger partial charge is 0.497 e. The van der Waals surface area contributed by atoms with Crippen molar-refractivity contribution in [3.8, 4) is 5.75 Å². The van der Waals surface area contributed by atoms with Crippen LogP contribution in [0.4, 0.5) is 13.2 Å². The third-order valence-corrected chi connectivity index (χ3v) is 6.26. The van der Waals surface area contributed by atoms with Gasteiger partial charge in [-0.25, -0.2) is 4.68 Å². The van der Waals surface area contributed by atoms with E-state index in [1.165, 1.54) is 12.1 Å². The predicted octanol–water partition coefficient (Wildman–Crippen LogP) is 5.53. The van der Waals surface area contributed by atoms with Gasteiger partial charge in [-0.15, -0.1) is 5.10 Å². The Hall–Kier alpha value is -4.51. The number of methoxy groups -OCH3 is 1. The summed E-state index contributed by atoms with van der Waals surface area (Å²) in [4.78, 5) is 6.28. The van der Waals surface area contributed by atoms with Crippen molar-refractivity contribution in [2.75, 3.05) is 7.11 Å². The number of rotatable bonds is 10. The number of tetrazole rings is 1. The molecule has 3 aromatic heterocycles. The van der Waals surface area contributed by atoms with E-state index in [0.717, 1.165) is 29.0 Å². The summed E-state index contributed by atoms with van der Waals surface area (Å²) in [6.45, 7) is 1.11. The molecule has 0 aliphatic carbocycles. The van der Waals surface area contributed by atoms with Gasteiger partial charge in [-0.1, -0.05) is 30.3 Å². The van der Waals surface area contributed by atoms with Crippen LogP contribution < -0.4 is 4.74 Å². The number of pyridine rings is 1. The molecule has 0 fully saturated rings. The number of benzene rings is 2. The zero-order valence-corrected chi connectivity index (χ0v) is 21.0. The Bertz CT molecular complexity index is 1450. The summed E-state index contributed by atoms with van der Waals surface area (Å²) in [5.74, 6) is 1.88. The summed E-state index contributed by atoms with van der Waals surface area (Å²) in [6.07, 6.45) is 0.564. The lowest BCUT2D eigenvalue weighted by Crippen LogP contribution is -2.31. The summed E-state index contributed by atoms with van der Waals surface area (Å²) in [7, 11) is 1.60. The van der Waals surface area contributed by atoms with E-state index < -0.39 is 17.8 Å². The summed E-state index contributed by atoms with van der Waals surface area (Å²) in [5.41, 5.74) is 1.72. The van der Waals surface area contributed by atoms with Crippen LogP contribution in [0.25, 0.3) is 0 Å². The van der Waals surface area contributed by atoms with Crippen LogP contribution >= 0.6 is 0 Å². The Morgan fingerprint density at radius 3 is 2.38 bits per heavy atom. The Morgan fingerprint density at radius 2 is 1.74 bits per heavy atom. The highest BCUT2D eigenvalue weighted by molar-refractivity contribution is 5.31. The van der Waals surface area contributed by atoms with E-state index in [-0.39, 0.29) is 0 Å². The van der Waals surface area contributed by atoms with Gasteiger partial charge < -0.3 is 9.15 Å². The van der Waals surface area contributed by atoms with Crippen LogP contribution in [0.1, 0.15) is 39.9 Å². The second-order valence-electron chi connectivity index (χ2n) is 8.91. The lowest BCUT2D eigenvalue weighted by molar-refractivity contribution is -0.137. The molecule has 1 atom stereocenters. The first-order chi connectivity index (χ1) is 18.9. The van der Waals surface area contributed by atoms with Crippen molar-refractivity contribution >= 4 is 0 Å². The van der Waals surface area contributed by atoms with Crippen molar-refractivity contribution in [1.29, 1.82) is 0 Å². The number of ether oxygens (including phenoxy) is 1.